The van der Waals surface area contributed by atoms with Crippen molar-refractivity contribution in [2.45, 2.75) is 52.9 Å². The smallest absolute Gasteiger partial charge is 0.173 e. The van der Waals surface area contributed by atoms with E-state index in [2.05, 4.69) is 26.8 Å². The first-order valence-electron chi connectivity index (χ1n) is 7.31. The first-order chi connectivity index (χ1) is 9.08. The van der Waals surface area contributed by atoms with E-state index >= 15 is 0 Å². The maximum absolute atomic E-state index is 12.1. The molecule has 2 heteroatoms. The predicted octanol–water partition coefficient (Wildman–Crippen LogP) is 4.14. The van der Waals surface area contributed by atoms with Crippen LogP contribution < -0.4 is 4.74 Å². The van der Waals surface area contributed by atoms with Crippen LogP contribution in [0, 0.1) is 26.7 Å². The molecule has 0 atom stereocenters. The number of ketones is 1. The van der Waals surface area contributed by atoms with Crippen LogP contribution in [0.1, 0.15) is 48.8 Å². The Morgan fingerprint density at radius 1 is 1.16 bits per heavy atom. The number of carbonyl (C=O) groups excluding carboxylic acids is 1. The van der Waals surface area contributed by atoms with E-state index in [4.69, 9.17) is 4.74 Å². The molecule has 1 aliphatic rings. The van der Waals surface area contributed by atoms with Gasteiger partial charge in [0.05, 0.1) is 0 Å². The molecule has 2 nitrogen and oxygen atoms in total. The molecule has 0 unspecified atom stereocenters. The summed E-state index contributed by atoms with van der Waals surface area (Å²) < 4.78 is 5.76. The maximum Gasteiger partial charge on any atom is 0.173 e. The van der Waals surface area contributed by atoms with Crippen molar-refractivity contribution in [3.05, 3.63) is 28.8 Å². The van der Waals surface area contributed by atoms with Gasteiger partial charge >= 0.3 is 0 Å². The summed E-state index contributed by atoms with van der Waals surface area (Å²) in [6.07, 6.45) is 5.76. The molecule has 0 radical (unpaired) electrons. The van der Waals surface area contributed by atoms with Gasteiger partial charge in [-0.05, 0) is 56.4 Å². The average molecular weight is 260 g/mol. The molecule has 1 saturated carbocycles. The van der Waals surface area contributed by atoms with Gasteiger partial charge in [-0.25, -0.2) is 0 Å². The molecule has 0 bridgehead atoms. The Bertz CT molecular complexity index is 457. The van der Waals surface area contributed by atoms with E-state index in [0.717, 1.165) is 24.2 Å². The molecule has 1 aromatic carbocycles. The summed E-state index contributed by atoms with van der Waals surface area (Å²) in [5, 5.41) is 0. The molecule has 1 aromatic rings. The molecule has 0 amide bonds. The SMILES string of the molecule is Cc1cc(C)c(C)c(OCC(=O)C2CCCCC2)c1. The fourth-order valence-corrected chi connectivity index (χ4v) is 2.84. The Balaban J connectivity index is 1.96. The third kappa shape index (κ3) is 3.59. The third-order valence-electron chi connectivity index (χ3n) is 4.19. The number of Topliss-reactive ketones (excluding diaryl/α,β-unsaturated/α-hetero) is 1. The first kappa shape index (κ1) is 14.1. The molecule has 1 fully saturated rings. The van der Waals surface area contributed by atoms with E-state index in [1.165, 1.54) is 30.4 Å². The summed E-state index contributed by atoms with van der Waals surface area (Å²) in [4.78, 5) is 12.1. The molecule has 0 saturated heterocycles. The van der Waals surface area contributed by atoms with Gasteiger partial charge in [0, 0.05) is 5.92 Å². The largest absolute Gasteiger partial charge is 0.486 e. The lowest BCUT2D eigenvalue weighted by Gasteiger charge is -2.20. The van der Waals surface area contributed by atoms with Gasteiger partial charge in [0.2, 0.25) is 0 Å². The Kier molecular flexibility index (Phi) is 4.62. The molecule has 0 aliphatic heterocycles. The quantitative estimate of drug-likeness (QED) is 0.813. The summed E-state index contributed by atoms with van der Waals surface area (Å²) in [5.41, 5.74) is 3.55. The zero-order valence-corrected chi connectivity index (χ0v) is 12.3. The highest BCUT2D eigenvalue weighted by atomic mass is 16.5. The predicted molar refractivity (Wildman–Crippen MR) is 77.7 cm³/mol. The summed E-state index contributed by atoms with van der Waals surface area (Å²) in [5.74, 6) is 1.37. The van der Waals surface area contributed by atoms with Crippen LogP contribution in [-0.4, -0.2) is 12.4 Å². The minimum Gasteiger partial charge on any atom is -0.486 e. The lowest BCUT2D eigenvalue weighted by Crippen LogP contribution is -2.23. The van der Waals surface area contributed by atoms with Crippen molar-refractivity contribution in [1.82, 2.24) is 0 Å². The summed E-state index contributed by atoms with van der Waals surface area (Å²) >= 11 is 0. The van der Waals surface area contributed by atoms with Crippen LogP contribution in [0.3, 0.4) is 0 Å². The van der Waals surface area contributed by atoms with Crippen LogP contribution >= 0.6 is 0 Å². The molecular weight excluding hydrogens is 236 g/mol. The Labute approximate surface area is 116 Å². The van der Waals surface area contributed by atoms with E-state index in [1.54, 1.807) is 0 Å². The Hall–Kier alpha value is -1.31. The Morgan fingerprint density at radius 3 is 2.53 bits per heavy atom. The average Bonchev–Trinajstić information content (AvgIpc) is 2.41. The standard InChI is InChI=1S/C17H24O2/c1-12-9-13(2)14(3)17(10-12)19-11-16(18)15-7-5-4-6-8-15/h9-10,15H,4-8,11H2,1-3H3. The van der Waals surface area contributed by atoms with Crippen LogP contribution in [0.5, 0.6) is 5.75 Å². The second-order valence-electron chi connectivity index (χ2n) is 5.79. The second-order valence-corrected chi connectivity index (χ2v) is 5.79. The fraction of sp³-hybridized carbons (Fsp3) is 0.588. The van der Waals surface area contributed by atoms with Crippen molar-refractivity contribution in [2.24, 2.45) is 5.92 Å². The first-order valence-corrected chi connectivity index (χ1v) is 7.31. The number of hydrogen-bond acceptors (Lipinski definition) is 2. The molecule has 0 spiro atoms. The lowest BCUT2D eigenvalue weighted by atomic mass is 9.86. The van der Waals surface area contributed by atoms with Crippen molar-refractivity contribution in [2.75, 3.05) is 6.61 Å². The third-order valence-corrected chi connectivity index (χ3v) is 4.19. The van der Waals surface area contributed by atoms with Crippen LogP contribution in [-0.2, 0) is 4.79 Å². The minimum absolute atomic E-state index is 0.231. The second kappa shape index (κ2) is 6.23. The molecule has 0 N–H and O–H groups in total. The van der Waals surface area contributed by atoms with Crippen molar-refractivity contribution in [3.8, 4) is 5.75 Å². The van der Waals surface area contributed by atoms with E-state index in [9.17, 15) is 4.79 Å². The number of aryl methyl sites for hydroxylation is 2. The number of hydrogen-bond donors (Lipinski definition) is 0. The number of benzene rings is 1. The van der Waals surface area contributed by atoms with Crippen molar-refractivity contribution in [1.29, 1.82) is 0 Å². The van der Waals surface area contributed by atoms with Crippen LogP contribution in [0.15, 0.2) is 12.1 Å². The van der Waals surface area contributed by atoms with Crippen molar-refractivity contribution < 1.29 is 9.53 Å². The number of ether oxygens (including phenoxy) is 1. The van der Waals surface area contributed by atoms with Gasteiger partial charge in [0.1, 0.15) is 12.4 Å². The van der Waals surface area contributed by atoms with E-state index in [0.29, 0.717) is 0 Å². The van der Waals surface area contributed by atoms with Gasteiger partial charge in [-0.1, -0.05) is 25.3 Å². The topological polar surface area (TPSA) is 26.3 Å². The molecule has 1 aliphatic carbocycles. The fourth-order valence-electron chi connectivity index (χ4n) is 2.84. The zero-order valence-electron chi connectivity index (χ0n) is 12.3. The number of rotatable bonds is 4. The molecule has 0 heterocycles. The summed E-state index contributed by atoms with van der Waals surface area (Å²) in [7, 11) is 0. The van der Waals surface area contributed by atoms with Gasteiger partial charge in [-0.2, -0.15) is 0 Å². The van der Waals surface area contributed by atoms with Crippen molar-refractivity contribution >= 4 is 5.78 Å². The van der Waals surface area contributed by atoms with E-state index in [1.807, 2.05) is 6.07 Å². The monoisotopic (exact) mass is 260 g/mol. The molecular formula is C17H24O2. The van der Waals surface area contributed by atoms with Gasteiger partial charge in [-0.3, -0.25) is 4.79 Å². The summed E-state index contributed by atoms with van der Waals surface area (Å²) in [6, 6.07) is 4.17. The summed E-state index contributed by atoms with van der Waals surface area (Å²) in [6.45, 7) is 6.42. The zero-order chi connectivity index (χ0) is 13.8. The van der Waals surface area contributed by atoms with Crippen molar-refractivity contribution in [3.63, 3.8) is 0 Å². The van der Waals surface area contributed by atoms with Crippen LogP contribution in [0.4, 0.5) is 0 Å². The highest BCUT2D eigenvalue weighted by Crippen LogP contribution is 2.26. The molecule has 0 aromatic heterocycles. The maximum atomic E-state index is 12.1. The Morgan fingerprint density at radius 2 is 1.84 bits per heavy atom. The normalized spacial score (nSPS) is 16.4. The van der Waals surface area contributed by atoms with E-state index < -0.39 is 0 Å². The number of carbonyl (C=O) groups is 1. The van der Waals surface area contributed by atoms with Gasteiger partial charge in [0.15, 0.2) is 5.78 Å². The van der Waals surface area contributed by atoms with Crippen LogP contribution in [0.2, 0.25) is 0 Å². The van der Waals surface area contributed by atoms with Gasteiger partial charge in [-0.15, -0.1) is 0 Å². The molecule has 2 rings (SSSR count). The highest BCUT2D eigenvalue weighted by molar-refractivity contribution is 5.82. The molecule has 104 valence electrons. The van der Waals surface area contributed by atoms with E-state index in [-0.39, 0.29) is 18.3 Å². The highest BCUT2D eigenvalue weighted by Gasteiger charge is 2.21. The van der Waals surface area contributed by atoms with Gasteiger partial charge in [0.25, 0.3) is 0 Å². The van der Waals surface area contributed by atoms with Crippen LogP contribution in [0.25, 0.3) is 0 Å². The lowest BCUT2D eigenvalue weighted by molar-refractivity contribution is -0.125. The minimum atomic E-state index is 0.231. The van der Waals surface area contributed by atoms with Gasteiger partial charge < -0.3 is 4.74 Å². The molecule has 19 heavy (non-hydrogen) atoms.